The van der Waals surface area contributed by atoms with Crippen molar-refractivity contribution < 1.29 is 13.6 Å². The third kappa shape index (κ3) is 2.08. The van der Waals surface area contributed by atoms with Crippen molar-refractivity contribution in [3.63, 3.8) is 0 Å². The van der Waals surface area contributed by atoms with E-state index in [4.69, 9.17) is 11.6 Å². The minimum absolute atomic E-state index is 0.0418. The number of aromatic nitrogens is 3. The van der Waals surface area contributed by atoms with Gasteiger partial charge in [-0.2, -0.15) is 5.10 Å². The van der Waals surface area contributed by atoms with E-state index in [1.807, 2.05) is 0 Å². The Bertz CT molecular complexity index is 744. The number of halogens is 3. The van der Waals surface area contributed by atoms with Crippen LogP contribution in [0.5, 0.6) is 0 Å². The van der Waals surface area contributed by atoms with Gasteiger partial charge >= 0.3 is 0 Å². The Balaban J connectivity index is 2.20. The van der Waals surface area contributed by atoms with Crippen molar-refractivity contribution in [2.45, 2.75) is 19.9 Å². The second-order valence-corrected chi connectivity index (χ2v) is 5.22. The van der Waals surface area contributed by atoms with Crippen LogP contribution >= 0.6 is 11.6 Å². The smallest absolute Gasteiger partial charge is 0.274 e. The molecule has 0 radical (unpaired) electrons. The Kier molecular flexibility index (Phi) is 3.16. The van der Waals surface area contributed by atoms with Crippen LogP contribution in [0.2, 0.25) is 5.15 Å². The molecule has 5 nitrogen and oxygen atoms in total. The number of alkyl halides is 2. The van der Waals surface area contributed by atoms with Crippen molar-refractivity contribution in [3.8, 4) is 5.82 Å². The molecule has 2 aromatic heterocycles. The minimum atomic E-state index is -2.71. The number of carbonyl (C=O) groups excluding carboxylic acids is 1. The fourth-order valence-corrected chi connectivity index (χ4v) is 2.51. The van der Waals surface area contributed by atoms with Crippen molar-refractivity contribution in [3.05, 3.63) is 39.8 Å². The number of hydrogen-bond acceptors (Lipinski definition) is 3. The van der Waals surface area contributed by atoms with Gasteiger partial charge in [0.25, 0.3) is 12.3 Å². The summed E-state index contributed by atoms with van der Waals surface area (Å²) in [5.74, 6) is -0.271. The van der Waals surface area contributed by atoms with Crippen LogP contribution in [0.1, 0.15) is 33.7 Å². The van der Waals surface area contributed by atoms with Gasteiger partial charge in [-0.25, -0.2) is 18.4 Å². The molecule has 1 amide bonds. The van der Waals surface area contributed by atoms with Gasteiger partial charge in [0.05, 0.1) is 5.56 Å². The predicted molar refractivity (Wildman–Crippen MR) is 71.9 cm³/mol. The number of hydrogen-bond donors (Lipinski definition) is 0. The summed E-state index contributed by atoms with van der Waals surface area (Å²) < 4.78 is 27.5. The quantitative estimate of drug-likeness (QED) is 0.801. The normalized spacial score (nSPS) is 14.2. The van der Waals surface area contributed by atoms with Crippen molar-refractivity contribution >= 4 is 17.5 Å². The SMILES string of the molecule is Cc1c2c(nn1-c1nc(Cl)ccc1C(F)F)C(=O)N(C)C2. The van der Waals surface area contributed by atoms with Crippen molar-refractivity contribution in [2.24, 2.45) is 0 Å². The van der Waals surface area contributed by atoms with Crippen LogP contribution in [0.3, 0.4) is 0 Å². The molecule has 0 aliphatic carbocycles. The number of amides is 1. The highest BCUT2D eigenvalue weighted by Crippen LogP contribution is 2.30. The fourth-order valence-electron chi connectivity index (χ4n) is 2.37. The Morgan fingerprint density at radius 2 is 2.10 bits per heavy atom. The summed E-state index contributed by atoms with van der Waals surface area (Å²) in [4.78, 5) is 17.4. The van der Waals surface area contributed by atoms with E-state index in [1.165, 1.54) is 21.7 Å². The van der Waals surface area contributed by atoms with Crippen LogP contribution in [-0.2, 0) is 6.54 Å². The highest BCUT2D eigenvalue weighted by molar-refractivity contribution is 6.29. The van der Waals surface area contributed by atoms with Gasteiger partial charge in [0.15, 0.2) is 11.5 Å². The second kappa shape index (κ2) is 4.77. The van der Waals surface area contributed by atoms with Gasteiger partial charge in [0.2, 0.25) is 0 Å². The molecule has 2 aromatic rings. The standard InChI is InChI=1S/C13H11ClF2N4O/c1-6-8-5-19(2)13(21)10(8)18-20(6)12-7(11(15)16)3-4-9(14)17-12/h3-4,11H,5H2,1-2H3. The fraction of sp³-hybridized carbons (Fsp3) is 0.308. The number of pyridine rings is 1. The van der Waals surface area contributed by atoms with Crippen LogP contribution < -0.4 is 0 Å². The van der Waals surface area contributed by atoms with Gasteiger partial charge in [-0.1, -0.05) is 11.6 Å². The molecule has 0 saturated heterocycles. The molecule has 110 valence electrons. The van der Waals surface area contributed by atoms with Crippen LogP contribution in [0, 0.1) is 6.92 Å². The first-order valence-electron chi connectivity index (χ1n) is 6.19. The molecule has 0 spiro atoms. The summed E-state index contributed by atoms with van der Waals surface area (Å²) in [7, 11) is 1.66. The topological polar surface area (TPSA) is 51.0 Å². The summed E-state index contributed by atoms with van der Waals surface area (Å²) in [6.07, 6.45) is -2.71. The summed E-state index contributed by atoms with van der Waals surface area (Å²) in [5.41, 5.74) is 1.34. The summed E-state index contributed by atoms with van der Waals surface area (Å²) in [6.45, 7) is 2.13. The van der Waals surface area contributed by atoms with E-state index in [0.717, 1.165) is 5.56 Å². The lowest BCUT2D eigenvalue weighted by Crippen LogP contribution is -2.20. The molecule has 0 unspecified atom stereocenters. The lowest BCUT2D eigenvalue weighted by Gasteiger charge is -2.12. The van der Waals surface area contributed by atoms with Crippen LogP contribution in [0.4, 0.5) is 8.78 Å². The summed E-state index contributed by atoms with van der Waals surface area (Å²) in [6, 6.07) is 2.52. The van der Waals surface area contributed by atoms with E-state index >= 15 is 0 Å². The maximum Gasteiger partial charge on any atom is 0.274 e. The van der Waals surface area contributed by atoms with Gasteiger partial charge in [0, 0.05) is 24.8 Å². The van der Waals surface area contributed by atoms with Crippen molar-refractivity contribution in [2.75, 3.05) is 7.05 Å². The molecular weight excluding hydrogens is 302 g/mol. The van der Waals surface area contributed by atoms with E-state index < -0.39 is 6.43 Å². The number of rotatable bonds is 2. The molecule has 0 N–H and O–H groups in total. The maximum atomic E-state index is 13.1. The first-order chi connectivity index (χ1) is 9.90. The van der Waals surface area contributed by atoms with Crippen LogP contribution in [0.15, 0.2) is 12.1 Å². The van der Waals surface area contributed by atoms with Crippen LogP contribution in [-0.4, -0.2) is 32.6 Å². The summed E-state index contributed by atoms with van der Waals surface area (Å²) in [5, 5.41) is 4.24. The Labute approximate surface area is 124 Å². The molecular formula is C13H11ClF2N4O. The maximum absolute atomic E-state index is 13.1. The predicted octanol–water partition coefficient (Wildman–Crippen LogP) is 2.75. The number of carbonyl (C=O) groups is 1. The van der Waals surface area contributed by atoms with Gasteiger partial charge in [0.1, 0.15) is 5.15 Å². The average molecular weight is 313 g/mol. The zero-order chi connectivity index (χ0) is 15.3. The Morgan fingerprint density at radius 3 is 2.71 bits per heavy atom. The summed E-state index contributed by atoms with van der Waals surface area (Å²) >= 11 is 5.80. The van der Waals surface area contributed by atoms with Gasteiger partial charge in [-0.3, -0.25) is 4.79 Å². The number of nitrogens with zero attached hydrogens (tertiary/aromatic N) is 4. The van der Waals surface area contributed by atoms with E-state index in [9.17, 15) is 13.6 Å². The molecule has 0 fully saturated rings. The first kappa shape index (κ1) is 13.9. The van der Waals surface area contributed by atoms with Gasteiger partial charge in [-0.15, -0.1) is 0 Å². The Hall–Kier alpha value is -2.02. The molecule has 0 aromatic carbocycles. The first-order valence-corrected chi connectivity index (χ1v) is 6.57. The van der Waals surface area contributed by atoms with E-state index in [2.05, 4.69) is 10.1 Å². The van der Waals surface area contributed by atoms with E-state index in [0.29, 0.717) is 12.2 Å². The zero-order valence-electron chi connectivity index (χ0n) is 11.3. The van der Waals surface area contributed by atoms with Gasteiger partial charge < -0.3 is 4.90 Å². The lowest BCUT2D eigenvalue weighted by atomic mass is 10.2. The number of fused-ring (bicyclic) bond motifs is 1. The highest BCUT2D eigenvalue weighted by Gasteiger charge is 2.32. The molecule has 0 atom stereocenters. The van der Waals surface area contributed by atoms with Crippen molar-refractivity contribution in [1.82, 2.24) is 19.7 Å². The molecule has 21 heavy (non-hydrogen) atoms. The third-order valence-electron chi connectivity index (χ3n) is 3.49. The molecule has 3 heterocycles. The average Bonchev–Trinajstić information content (AvgIpc) is 2.88. The van der Waals surface area contributed by atoms with Crippen molar-refractivity contribution in [1.29, 1.82) is 0 Å². The monoisotopic (exact) mass is 312 g/mol. The van der Waals surface area contributed by atoms with E-state index in [1.54, 1.807) is 14.0 Å². The zero-order valence-corrected chi connectivity index (χ0v) is 12.0. The second-order valence-electron chi connectivity index (χ2n) is 4.83. The van der Waals surface area contributed by atoms with E-state index in [-0.39, 0.29) is 28.1 Å². The van der Waals surface area contributed by atoms with Crippen LogP contribution in [0.25, 0.3) is 5.82 Å². The Morgan fingerprint density at radius 1 is 1.38 bits per heavy atom. The van der Waals surface area contributed by atoms with Gasteiger partial charge in [-0.05, 0) is 19.1 Å². The third-order valence-corrected chi connectivity index (χ3v) is 3.70. The molecule has 3 rings (SSSR count). The highest BCUT2D eigenvalue weighted by atomic mass is 35.5. The molecule has 8 heteroatoms. The lowest BCUT2D eigenvalue weighted by molar-refractivity contribution is 0.0810. The molecule has 1 aliphatic rings. The molecule has 1 aliphatic heterocycles. The largest absolute Gasteiger partial charge is 0.336 e. The minimum Gasteiger partial charge on any atom is -0.336 e. The molecule has 0 bridgehead atoms. The molecule has 0 saturated carbocycles.